The predicted octanol–water partition coefficient (Wildman–Crippen LogP) is 5.76. The van der Waals surface area contributed by atoms with E-state index in [1.54, 1.807) is 36.5 Å². The van der Waals surface area contributed by atoms with Crippen molar-refractivity contribution in [1.82, 2.24) is 10.3 Å². The number of pyridine rings is 1. The quantitative estimate of drug-likeness (QED) is 0.108. The zero-order valence-corrected chi connectivity index (χ0v) is 27.3. The van der Waals surface area contributed by atoms with Gasteiger partial charge in [-0.05, 0) is 41.0 Å². The molecule has 4 aromatic rings. The number of benzene rings is 3. The Bertz CT molecular complexity index is 1690. The molecule has 3 aromatic carbocycles. The van der Waals surface area contributed by atoms with Crippen LogP contribution in [0.2, 0.25) is 0 Å². The first kappa shape index (κ1) is 34.6. The third-order valence-corrected chi connectivity index (χ3v) is 9.12. The minimum Gasteiger partial charge on any atom is -0.478 e. The van der Waals surface area contributed by atoms with Crippen LogP contribution in [-0.4, -0.2) is 58.2 Å². The Kier molecular flexibility index (Phi) is 11.8. The standard InChI is InChI=1S/C36H37N3O8S/c1-22-30(21-48-32-28(33(41)42)9-6-18-37-32)46-35(47-31(22)25-12-10-24(20-40)11-13-25)26-14-16-27(17-15-26)38-36(44)39-29(34(43)45-2)19-23-7-4-3-5-8-23/h3-18,22,29-31,35,40H,19-21H2,1-2H3,(H,41,42)(H2,38,39,44)/t22-,29+,30+,31+,35+/m1/s1. The van der Waals surface area contributed by atoms with Gasteiger partial charge in [0.1, 0.15) is 11.1 Å². The van der Waals surface area contributed by atoms with Gasteiger partial charge in [-0.3, -0.25) is 0 Å². The number of carboxylic acid groups (broad SMARTS) is 1. The summed E-state index contributed by atoms with van der Waals surface area (Å²) in [5.74, 6) is -1.30. The van der Waals surface area contributed by atoms with Gasteiger partial charge in [-0.25, -0.2) is 19.4 Å². The third-order valence-electron chi connectivity index (χ3n) is 8.02. The summed E-state index contributed by atoms with van der Waals surface area (Å²) >= 11 is 1.31. The van der Waals surface area contributed by atoms with Crippen LogP contribution < -0.4 is 10.6 Å². The number of amides is 2. The Balaban J connectivity index is 1.30. The van der Waals surface area contributed by atoms with E-state index in [2.05, 4.69) is 15.6 Å². The molecule has 0 aliphatic carbocycles. The molecule has 0 radical (unpaired) electrons. The van der Waals surface area contributed by atoms with Crippen LogP contribution >= 0.6 is 11.8 Å². The highest BCUT2D eigenvalue weighted by Crippen LogP contribution is 2.43. The maximum atomic E-state index is 12.9. The van der Waals surface area contributed by atoms with Gasteiger partial charge in [0.2, 0.25) is 0 Å². The van der Waals surface area contributed by atoms with Crippen LogP contribution in [0.4, 0.5) is 10.5 Å². The number of ether oxygens (including phenoxy) is 3. The minimum atomic E-state index is -1.05. The molecule has 1 saturated heterocycles. The number of urea groups is 1. The number of methoxy groups -OCH3 is 1. The van der Waals surface area contributed by atoms with Crippen molar-refractivity contribution in [3.05, 3.63) is 125 Å². The molecule has 2 heterocycles. The molecule has 4 N–H and O–H groups in total. The summed E-state index contributed by atoms with van der Waals surface area (Å²) in [6.07, 6.45) is 0.355. The maximum Gasteiger partial charge on any atom is 0.338 e. The second-order valence-electron chi connectivity index (χ2n) is 11.3. The lowest BCUT2D eigenvalue weighted by atomic mass is 9.91. The van der Waals surface area contributed by atoms with Crippen molar-refractivity contribution in [3.63, 3.8) is 0 Å². The molecule has 2 amide bonds. The van der Waals surface area contributed by atoms with Gasteiger partial charge >= 0.3 is 18.0 Å². The van der Waals surface area contributed by atoms with E-state index < -0.39 is 30.3 Å². The van der Waals surface area contributed by atoms with Crippen LogP contribution in [0.25, 0.3) is 0 Å². The molecule has 48 heavy (non-hydrogen) atoms. The molecule has 1 aromatic heterocycles. The van der Waals surface area contributed by atoms with E-state index in [0.717, 1.165) is 16.7 Å². The summed E-state index contributed by atoms with van der Waals surface area (Å²) in [5, 5.41) is 25.0. The molecule has 1 aliphatic heterocycles. The van der Waals surface area contributed by atoms with Gasteiger partial charge in [-0.1, -0.05) is 73.7 Å². The summed E-state index contributed by atoms with van der Waals surface area (Å²) in [6.45, 7) is 1.95. The Hall–Kier alpha value is -4.75. The number of rotatable bonds is 12. The molecule has 1 fully saturated rings. The molecule has 11 nitrogen and oxygen atoms in total. The number of esters is 1. The highest BCUT2D eigenvalue weighted by atomic mass is 32.2. The number of aliphatic hydroxyl groups excluding tert-OH is 1. The van der Waals surface area contributed by atoms with Gasteiger partial charge < -0.3 is 35.1 Å². The summed E-state index contributed by atoms with van der Waals surface area (Å²) in [5.41, 5.74) is 3.89. The fourth-order valence-electron chi connectivity index (χ4n) is 5.37. The van der Waals surface area contributed by atoms with Crippen molar-refractivity contribution in [2.24, 2.45) is 5.92 Å². The van der Waals surface area contributed by atoms with Crippen LogP contribution in [0, 0.1) is 5.92 Å². The van der Waals surface area contributed by atoms with Crippen LogP contribution in [0.15, 0.2) is 102 Å². The number of carbonyl (C=O) groups excluding carboxylic acids is 2. The van der Waals surface area contributed by atoms with Crippen LogP contribution in [0.5, 0.6) is 0 Å². The Morgan fingerprint density at radius 2 is 1.62 bits per heavy atom. The Morgan fingerprint density at radius 3 is 2.29 bits per heavy atom. The number of aliphatic hydroxyl groups is 1. The van der Waals surface area contributed by atoms with Gasteiger partial charge in [-0.15, -0.1) is 11.8 Å². The SMILES string of the molecule is COC(=O)[C@H](Cc1ccccc1)NC(=O)Nc1ccc([C@H]2O[C@@H](CSc3ncccc3C(=O)O)[C@@H](C)[C@@H](c3ccc(CO)cc3)O2)cc1. The molecule has 5 atom stereocenters. The molecule has 5 rings (SSSR count). The average molecular weight is 672 g/mol. The first-order valence-electron chi connectivity index (χ1n) is 15.4. The van der Waals surface area contributed by atoms with Gasteiger partial charge in [0, 0.05) is 35.5 Å². The fraction of sp³-hybridized carbons (Fsp3) is 0.278. The molecule has 1 aliphatic rings. The topological polar surface area (TPSA) is 156 Å². The predicted molar refractivity (Wildman–Crippen MR) is 179 cm³/mol. The second kappa shape index (κ2) is 16.4. The number of anilines is 1. The lowest BCUT2D eigenvalue weighted by Gasteiger charge is -2.41. The zero-order valence-electron chi connectivity index (χ0n) is 26.4. The Morgan fingerprint density at radius 1 is 0.917 bits per heavy atom. The number of hydrogen-bond donors (Lipinski definition) is 4. The smallest absolute Gasteiger partial charge is 0.338 e. The summed E-state index contributed by atoms with van der Waals surface area (Å²) in [6, 6.07) is 25.6. The Labute approximate surface area is 282 Å². The first-order valence-corrected chi connectivity index (χ1v) is 16.3. The molecule has 0 bridgehead atoms. The lowest BCUT2D eigenvalue weighted by molar-refractivity contribution is -0.268. The lowest BCUT2D eigenvalue weighted by Crippen LogP contribution is -2.45. The van der Waals surface area contributed by atoms with Crippen LogP contribution in [-0.2, 0) is 32.0 Å². The second-order valence-corrected chi connectivity index (χ2v) is 12.3. The molecule has 0 saturated carbocycles. The number of nitrogens with zero attached hydrogens (tertiary/aromatic N) is 1. The monoisotopic (exact) mass is 671 g/mol. The number of carboxylic acids is 1. The van der Waals surface area contributed by atoms with E-state index in [1.165, 1.54) is 24.9 Å². The van der Waals surface area contributed by atoms with E-state index in [9.17, 15) is 24.6 Å². The van der Waals surface area contributed by atoms with Gasteiger partial charge in [-0.2, -0.15) is 0 Å². The molecular weight excluding hydrogens is 634 g/mol. The van der Waals surface area contributed by atoms with Crippen molar-refractivity contribution in [3.8, 4) is 0 Å². The number of carbonyl (C=O) groups is 3. The van der Waals surface area contributed by atoms with Crippen molar-refractivity contribution in [1.29, 1.82) is 0 Å². The minimum absolute atomic E-state index is 0.0723. The number of aromatic nitrogens is 1. The first-order chi connectivity index (χ1) is 23.2. The third kappa shape index (κ3) is 8.78. The van der Waals surface area contributed by atoms with Gasteiger partial charge in [0.15, 0.2) is 6.29 Å². The molecule has 0 spiro atoms. The summed E-state index contributed by atoms with van der Waals surface area (Å²) in [7, 11) is 1.28. The normalized spacial score (nSPS) is 19.6. The molecule has 0 unspecified atom stereocenters. The van der Waals surface area contributed by atoms with Crippen molar-refractivity contribution < 1.29 is 38.8 Å². The van der Waals surface area contributed by atoms with Crippen molar-refractivity contribution in [2.75, 3.05) is 18.2 Å². The number of hydrogen-bond acceptors (Lipinski definition) is 9. The number of aromatic carboxylic acids is 1. The number of thioether (sulfide) groups is 1. The van der Waals surface area contributed by atoms with Crippen LogP contribution in [0.1, 0.15) is 51.9 Å². The molecule has 12 heteroatoms. The van der Waals surface area contributed by atoms with Crippen molar-refractivity contribution >= 4 is 35.4 Å². The van der Waals surface area contributed by atoms with Gasteiger partial charge in [0.05, 0.1) is 31.5 Å². The van der Waals surface area contributed by atoms with Crippen molar-refractivity contribution in [2.45, 2.75) is 49.5 Å². The zero-order chi connectivity index (χ0) is 34.0. The van der Waals surface area contributed by atoms with E-state index in [1.807, 2.05) is 61.5 Å². The number of nitrogens with one attached hydrogen (secondary N) is 2. The van der Waals surface area contributed by atoms with Crippen LogP contribution in [0.3, 0.4) is 0 Å². The summed E-state index contributed by atoms with van der Waals surface area (Å²) in [4.78, 5) is 41.3. The molecular formula is C36H37N3O8S. The van der Waals surface area contributed by atoms with E-state index >= 15 is 0 Å². The largest absolute Gasteiger partial charge is 0.478 e. The maximum absolute atomic E-state index is 12.9. The highest BCUT2D eigenvalue weighted by Gasteiger charge is 2.38. The fourth-order valence-corrected chi connectivity index (χ4v) is 6.52. The van der Waals surface area contributed by atoms with E-state index in [-0.39, 0.29) is 36.7 Å². The highest BCUT2D eigenvalue weighted by molar-refractivity contribution is 7.99. The van der Waals surface area contributed by atoms with Gasteiger partial charge in [0.25, 0.3) is 0 Å². The summed E-state index contributed by atoms with van der Waals surface area (Å²) < 4.78 is 17.9. The van der Waals surface area contributed by atoms with E-state index in [4.69, 9.17) is 14.2 Å². The molecule has 250 valence electrons. The van der Waals surface area contributed by atoms with E-state index in [0.29, 0.717) is 22.0 Å². The average Bonchev–Trinajstić information content (AvgIpc) is 3.11.